The van der Waals surface area contributed by atoms with Crippen LogP contribution >= 0.6 is 11.3 Å². The van der Waals surface area contributed by atoms with Gasteiger partial charge >= 0.3 is 12.3 Å². The third-order valence-corrected chi connectivity index (χ3v) is 5.43. The molecule has 33 heavy (non-hydrogen) atoms. The Kier molecular flexibility index (Phi) is 6.97. The molecule has 1 heterocycles. The van der Waals surface area contributed by atoms with Crippen molar-refractivity contribution in [1.82, 2.24) is 4.98 Å². The minimum absolute atomic E-state index is 0.0829. The van der Waals surface area contributed by atoms with Crippen molar-refractivity contribution in [2.24, 2.45) is 0 Å². The summed E-state index contributed by atoms with van der Waals surface area (Å²) in [7, 11) is 1.53. The third-order valence-electron chi connectivity index (χ3n) is 4.38. The van der Waals surface area contributed by atoms with Crippen LogP contribution in [0.2, 0.25) is 0 Å². The van der Waals surface area contributed by atoms with E-state index < -0.39 is 29.3 Å². The van der Waals surface area contributed by atoms with Crippen LogP contribution in [0.15, 0.2) is 42.5 Å². The lowest BCUT2D eigenvalue weighted by Crippen LogP contribution is -2.27. The number of thiazole rings is 1. The second kappa shape index (κ2) is 9.38. The van der Waals surface area contributed by atoms with Gasteiger partial charge in [0, 0.05) is 12.0 Å². The number of anilines is 1. The van der Waals surface area contributed by atoms with Crippen LogP contribution in [0.3, 0.4) is 0 Å². The van der Waals surface area contributed by atoms with Crippen molar-refractivity contribution in [3.05, 3.63) is 65.1 Å². The third kappa shape index (κ3) is 6.22. The van der Waals surface area contributed by atoms with Crippen LogP contribution in [0.25, 0.3) is 10.4 Å². The Hall–Kier alpha value is -3.14. The number of alkyl halides is 3. The summed E-state index contributed by atoms with van der Waals surface area (Å²) in [6, 6.07) is 10.1. The topological polar surface area (TPSA) is 60.5 Å². The van der Waals surface area contributed by atoms with Crippen LogP contribution in [0.5, 0.6) is 5.75 Å². The molecule has 1 amide bonds. The summed E-state index contributed by atoms with van der Waals surface area (Å²) in [6.45, 7) is 5.06. The van der Waals surface area contributed by atoms with Gasteiger partial charge in [-0.1, -0.05) is 35.6 Å². The van der Waals surface area contributed by atoms with Gasteiger partial charge in [0.15, 0.2) is 5.13 Å². The summed E-state index contributed by atoms with van der Waals surface area (Å²) in [5.41, 5.74) is -1.29. The van der Waals surface area contributed by atoms with Crippen molar-refractivity contribution >= 4 is 22.6 Å². The highest BCUT2D eigenvalue weighted by atomic mass is 32.1. The zero-order valence-corrected chi connectivity index (χ0v) is 19.2. The highest BCUT2D eigenvalue weighted by Crippen LogP contribution is 2.40. The van der Waals surface area contributed by atoms with Crippen molar-refractivity contribution < 1.29 is 31.8 Å². The number of carbonyl (C=O) groups is 1. The molecule has 5 nitrogen and oxygen atoms in total. The Morgan fingerprint density at radius 3 is 2.33 bits per heavy atom. The molecule has 2 aromatic carbocycles. The SMILES string of the molecule is COc1ccc(Cc2nc(NC(=O)OC(C)(C)C)sc2-c2cccc(C(F)(F)F)c2F)cc1. The standard InChI is InChI=1S/C23H22F4N2O3S/c1-22(2,3)32-21(30)29-20-28-17(12-13-8-10-14(31-4)11-9-13)19(33-20)15-6-5-7-16(18(15)24)23(25,26)27/h5-11H,12H2,1-4H3,(H,28,29,30). The first kappa shape index (κ1) is 24.5. The van der Waals surface area contributed by atoms with Crippen LogP contribution in [0.1, 0.15) is 37.6 Å². The van der Waals surface area contributed by atoms with Gasteiger partial charge in [0.2, 0.25) is 0 Å². The fourth-order valence-corrected chi connectivity index (χ4v) is 3.98. The van der Waals surface area contributed by atoms with E-state index in [0.29, 0.717) is 17.5 Å². The molecule has 0 saturated carbocycles. The molecular formula is C23H22F4N2O3S. The molecule has 0 atom stereocenters. The molecule has 176 valence electrons. The molecule has 1 N–H and O–H groups in total. The van der Waals surface area contributed by atoms with E-state index in [4.69, 9.17) is 9.47 Å². The molecule has 0 bridgehead atoms. The largest absolute Gasteiger partial charge is 0.497 e. The average Bonchev–Trinajstić information content (AvgIpc) is 3.08. The lowest BCUT2D eigenvalue weighted by molar-refractivity contribution is -0.139. The molecule has 3 aromatic rings. The summed E-state index contributed by atoms with van der Waals surface area (Å²) in [6.07, 6.45) is -5.43. The number of rotatable bonds is 5. The summed E-state index contributed by atoms with van der Waals surface area (Å²) < 4.78 is 65.0. The molecule has 0 unspecified atom stereocenters. The molecule has 3 rings (SSSR count). The second-order valence-electron chi connectivity index (χ2n) is 8.11. The Bertz CT molecular complexity index is 1140. The zero-order valence-electron chi connectivity index (χ0n) is 18.3. The van der Waals surface area contributed by atoms with Crippen LogP contribution in [-0.4, -0.2) is 23.8 Å². The first-order valence-electron chi connectivity index (χ1n) is 9.86. The molecule has 0 saturated heterocycles. The smallest absolute Gasteiger partial charge is 0.419 e. The molecule has 0 aliphatic carbocycles. The van der Waals surface area contributed by atoms with E-state index in [1.807, 2.05) is 0 Å². The molecule has 1 aromatic heterocycles. The monoisotopic (exact) mass is 482 g/mol. The van der Waals surface area contributed by atoms with E-state index in [-0.39, 0.29) is 22.0 Å². The van der Waals surface area contributed by atoms with Crippen molar-refractivity contribution in [3.63, 3.8) is 0 Å². The fourth-order valence-electron chi connectivity index (χ4n) is 2.99. The van der Waals surface area contributed by atoms with E-state index in [9.17, 15) is 22.4 Å². The number of ether oxygens (including phenoxy) is 2. The van der Waals surface area contributed by atoms with E-state index in [2.05, 4.69) is 10.3 Å². The summed E-state index contributed by atoms with van der Waals surface area (Å²) >= 11 is 0.872. The molecule has 0 fully saturated rings. The van der Waals surface area contributed by atoms with Gasteiger partial charge in [0.05, 0.1) is 23.2 Å². The molecule has 10 heteroatoms. The van der Waals surface area contributed by atoms with Crippen LogP contribution in [0, 0.1) is 5.82 Å². The van der Waals surface area contributed by atoms with Gasteiger partial charge in [-0.05, 0) is 44.5 Å². The number of carbonyl (C=O) groups excluding carboxylic acids is 1. The summed E-state index contributed by atoms with van der Waals surface area (Å²) in [5.74, 6) is -0.762. The van der Waals surface area contributed by atoms with Crippen LogP contribution < -0.4 is 10.1 Å². The zero-order chi connectivity index (χ0) is 24.4. The van der Waals surface area contributed by atoms with Gasteiger partial charge in [-0.25, -0.2) is 14.2 Å². The quantitative estimate of drug-likeness (QED) is 0.401. The van der Waals surface area contributed by atoms with E-state index in [1.54, 1.807) is 45.0 Å². The number of amides is 1. The first-order chi connectivity index (χ1) is 15.4. The molecular weight excluding hydrogens is 460 g/mol. The Morgan fingerprint density at radius 1 is 1.09 bits per heavy atom. The fraction of sp³-hybridized carbons (Fsp3) is 0.304. The van der Waals surface area contributed by atoms with Gasteiger partial charge in [-0.15, -0.1) is 0 Å². The number of benzene rings is 2. The van der Waals surface area contributed by atoms with Gasteiger partial charge < -0.3 is 9.47 Å². The highest BCUT2D eigenvalue weighted by Gasteiger charge is 2.35. The van der Waals surface area contributed by atoms with Gasteiger partial charge in [0.1, 0.15) is 17.2 Å². The average molecular weight is 482 g/mol. The maximum absolute atomic E-state index is 14.9. The number of hydrogen-bond donors (Lipinski definition) is 1. The Morgan fingerprint density at radius 2 is 1.76 bits per heavy atom. The van der Waals surface area contributed by atoms with E-state index >= 15 is 0 Å². The number of aromatic nitrogens is 1. The lowest BCUT2D eigenvalue weighted by atomic mass is 10.0. The van der Waals surface area contributed by atoms with E-state index in [1.165, 1.54) is 13.2 Å². The molecule has 0 aliphatic rings. The molecule has 0 spiro atoms. The van der Waals surface area contributed by atoms with Crippen LogP contribution in [-0.2, 0) is 17.3 Å². The summed E-state index contributed by atoms with van der Waals surface area (Å²) in [5, 5.41) is 2.56. The van der Waals surface area contributed by atoms with E-state index in [0.717, 1.165) is 23.0 Å². The maximum Gasteiger partial charge on any atom is 0.419 e. The number of methoxy groups -OCH3 is 1. The van der Waals surface area contributed by atoms with Crippen LogP contribution in [0.4, 0.5) is 27.5 Å². The number of nitrogens with zero attached hydrogens (tertiary/aromatic N) is 1. The minimum atomic E-state index is -4.85. The molecule has 0 radical (unpaired) electrons. The highest BCUT2D eigenvalue weighted by molar-refractivity contribution is 7.19. The van der Waals surface area contributed by atoms with Crippen molar-refractivity contribution in [2.45, 2.75) is 39.0 Å². The number of halogens is 4. The Balaban J connectivity index is 2.03. The van der Waals surface area contributed by atoms with Gasteiger partial charge in [-0.2, -0.15) is 13.2 Å². The predicted octanol–water partition coefficient (Wildman–Crippen LogP) is 6.91. The lowest BCUT2D eigenvalue weighted by Gasteiger charge is -2.18. The maximum atomic E-state index is 14.9. The Labute approximate surface area is 192 Å². The van der Waals surface area contributed by atoms with Gasteiger partial charge in [0.25, 0.3) is 0 Å². The summed E-state index contributed by atoms with van der Waals surface area (Å²) in [4.78, 5) is 16.7. The van der Waals surface area contributed by atoms with Crippen molar-refractivity contribution in [2.75, 3.05) is 12.4 Å². The molecule has 0 aliphatic heterocycles. The van der Waals surface area contributed by atoms with Gasteiger partial charge in [-0.3, -0.25) is 5.32 Å². The number of nitrogens with one attached hydrogen (secondary N) is 1. The first-order valence-corrected chi connectivity index (χ1v) is 10.7. The normalized spacial score (nSPS) is 11.9. The second-order valence-corrected chi connectivity index (χ2v) is 9.11. The minimum Gasteiger partial charge on any atom is -0.497 e. The van der Waals surface area contributed by atoms with Crippen molar-refractivity contribution in [1.29, 1.82) is 0 Å². The predicted molar refractivity (Wildman–Crippen MR) is 118 cm³/mol. The number of hydrogen-bond acceptors (Lipinski definition) is 5. The van der Waals surface area contributed by atoms with Crippen molar-refractivity contribution in [3.8, 4) is 16.2 Å².